The second kappa shape index (κ2) is 7.68. The van der Waals surface area contributed by atoms with E-state index in [1.165, 1.54) is 0 Å². The molecule has 1 aromatic heterocycles. The standard InChI is InChI=1S/C22H21N3O3/c26-20(23-16-8-2-1-3-9-16)15-25-14-18(17-10-4-5-11-19(17)25)21(27)22(28)24-12-6-7-13-24/h1-5,8-11,14H,6-7,12-13,15H2,(H,23,26). The van der Waals surface area contributed by atoms with E-state index in [0.717, 1.165) is 18.4 Å². The molecule has 0 spiro atoms. The molecule has 0 unspecified atom stereocenters. The van der Waals surface area contributed by atoms with Gasteiger partial charge in [-0.3, -0.25) is 14.4 Å². The van der Waals surface area contributed by atoms with Crippen molar-refractivity contribution in [3.63, 3.8) is 0 Å². The highest BCUT2D eigenvalue weighted by atomic mass is 16.2. The maximum Gasteiger partial charge on any atom is 0.295 e. The van der Waals surface area contributed by atoms with Crippen molar-refractivity contribution in [3.8, 4) is 0 Å². The van der Waals surface area contributed by atoms with E-state index in [1.54, 1.807) is 15.7 Å². The summed E-state index contributed by atoms with van der Waals surface area (Å²) in [6.45, 7) is 1.31. The Morgan fingerprint density at radius 1 is 0.893 bits per heavy atom. The number of amides is 2. The van der Waals surface area contributed by atoms with Crippen LogP contribution in [0.4, 0.5) is 5.69 Å². The molecule has 0 aliphatic carbocycles. The molecule has 28 heavy (non-hydrogen) atoms. The van der Waals surface area contributed by atoms with Crippen molar-refractivity contribution in [1.29, 1.82) is 0 Å². The zero-order valence-corrected chi connectivity index (χ0v) is 15.4. The first-order valence-corrected chi connectivity index (χ1v) is 9.40. The number of hydrogen-bond donors (Lipinski definition) is 1. The molecule has 6 nitrogen and oxygen atoms in total. The third-order valence-electron chi connectivity index (χ3n) is 4.99. The SMILES string of the molecule is O=C(Cn1cc(C(=O)C(=O)N2CCCC2)c2ccccc21)Nc1ccccc1. The fourth-order valence-corrected chi connectivity index (χ4v) is 3.61. The van der Waals surface area contributed by atoms with Gasteiger partial charge in [-0.15, -0.1) is 0 Å². The summed E-state index contributed by atoms with van der Waals surface area (Å²) in [5, 5.41) is 3.53. The summed E-state index contributed by atoms with van der Waals surface area (Å²) >= 11 is 0. The number of Topliss-reactive ketones (excluding diaryl/α,β-unsaturated/α-hetero) is 1. The number of hydrogen-bond acceptors (Lipinski definition) is 3. The van der Waals surface area contributed by atoms with Crippen molar-refractivity contribution in [2.45, 2.75) is 19.4 Å². The lowest BCUT2D eigenvalue weighted by Gasteiger charge is -2.13. The molecule has 0 saturated carbocycles. The highest BCUT2D eigenvalue weighted by Crippen LogP contribution is 2.23. The van der Waals surface area contributed by atoms with Crippen LogP contribution in [0.5, 0.6) is 0 Å². The largest absolute Gasteiger partial charge is 0.337 e. The molecule has 2 amide bonds. The van der Waals surface area contributed by atoms with Gasteiger partial charge in [0.25, 0.3) is 11.7 Å². The zero-order chi connectivity index (χ0) is 19.5. The quantitative estimate of drug-likeness (QED) is 0.550. The lowest BCUT2D eigenvalue weighted by atomic mass is 10.1. The van der Waals surface area contributed by atoms with Crippen molar-refractivity contribution in [2.24, 2.45) is 0 Å². The number of para-hydroxylation sites is 2. The average Bonchev–Trinajstić information content (AvgIpc) is 3.36. The number of fused-ring (bicyclic) bond motifs is 1. The molecule has 6 heteroatoms. The van der Waals surface area contributed by atoms with Crippen LogP contribution in [0.1, 0.15) is 23.2 Å². The Bertz CT molecular complexity index is 1030. The molecule has 2 heterocycles. The van der Waals surface area contributed by atoms with Gasteiger partial charge < -0.3 is 14.8 Å². The summed E-state index contributed by atoms with van der Waals surface area (Å²) in [6, 6.07) is 16.5. The minimum absolute atomic E-state index is 0.0561. The lowest BCUT2D eigenvalue weighted by molar-refractivity contribution is -0.125. The number of aromatic nitrogens is 1. The molecule has 1 saturated heterocycles. The summed E-state index contributed by atoms with van der Waals surface area (Å²) in [5.74, 6) is -1.17. The average molecular weight is 375 g/mol. The molecule has 1 aliphatic heterocycles. The third-order valence-corrected chi connectivity index (χ3v) is 4.99. The predicted molar refractivity (Wildman–Crippen MR) is 107 cm³/mol. The van der Waals surface area contributed by atoms with Gasteiger partial charge in [0.05, 0.1) is 5.56 Å². The van der Waals surface area contributed by atoms with Crippen molar-refractivity contribution in [2.75, 3.05) is 18.4 Å². The fraction of sp³-hybridized carbons (Fsp3) is 0.227. The van der Waals surface area contributed by atoms with Crippen LogP contribution in [-0.2, 0) is 16.1 Å². The van der Waals surface area contributed by atoms with Gasteiger partial charge in [0, 0.05) is 35.9 Å². The van der Waals surface area contributed by atoms with Gasteiger partial charge in [0.15, 0.2) is 0 Å². The van der Waals surface area contributed by atoms with Crippen molar-refractivity contribution >= 4 is 34.2 Å². The van der Waals surface area contributed by atoms with Gasteiger partial charge in [-0.2, -0.15) is 0 Å². The molecule has 1 N–H and O–H groups in total. The summed E-state index contributed by atoms with van der Waals surface area (Å²) < 4.78 is 1.72. The molecule has 2 aromatic carbocycles. The van der Waals surface area contributed by atoms with Crippen LogP contribution < -0.4 is 5.32 Å². The normalized spacial score (nSPS) is 13.6. The maximum atomic E-state index is 12.8. The molecule has 3 aromatic rings. The van der Waals surface area contributed by atoms with Gasteiger partial charge in [-0.25, -0.2) is 0 Å². The van der Waals surface area contributed by atoms with Crippen LogP contribution in [0.15, 0.2) is 60.8 Å². The number of carbonyl (C=O) groups is 3. The van der Waals surface area contributed by atoms with Crippen LogP contribution in [0.25, 0.3) is 10.9 Å². The van der Waals surface area contributed by atoms with Crippen molar-refractivity contribution in [3.05, 3.63) is 66.4 Å². The molecule has 0 atom stereocenters. The summed E-state index contributed by atoms with van der Waals surface area (Å²) in [4.78, 5) is 39.4. The Hall–Kier alpha value is -3.41. The Balaban J connectivity index is 1.60. The first kappa shape index (κ1) is 18.0. The number of nitrogens with one attached hydrogen (secondary N) is 1. The molecule has 0 radical (unpaired) electrons. The monoisotopic (exact) mass is 375 g/mol. The number of likely N-dealkylation sites (tertiary alicyclic amines) is 1. The lowest BCUT2D eigenvalue weighted by Crippen LogP contribution is -2.34. The number of rotatable bonds is 5. The van der Waals surface area contributed by atoms with Gasteiger partial charge >= 0.3 is 0 Å². The molecular weight excluding hydrogens is 354 g/mol. The summed E-state index contributed by atoms with van der Waals surface area (Å²) in [7, 11) is 0. The Morgan fingerprint density at radius 3 is 2.32 bits per heavy atom. The van der Waals surface area contributed by atoms with E-state index < -0.39 is 11.7 Å². The van der Waals surface area contributed by atoms with E-state index in [0.29, 0.717) is 29.7 Å². The molecular formula is C22H21N3O3. The van der Waals surface area contributed by atoms with Crippen LogP contribution in [0.2, 0.25) is 0 Å². The van der Waals surface area contributed by atoms with Crippen molar-refractivity contribution in [1.82, 2.24) is 9.47 Å². The van der Waals surface area contributed by atoms with Gasteiger partial charge in [-0.1, -0.05) is 36.4 Å². The van der Waals surface area contributed by atoms with E-state index in [2.05, 4.69) is 5.32 Å². The predicted octanol–water partition coefficient (Wildman–Crippen LogP) is 3.09. The van der Waals surface area contributed by atoms with Crippen LogP contribution in [-0.4, -0.2) is 40.2 Å². The Kier molecular flexibility index (Phi) is 4.93. The number of benzene rings is 2. The summed E-state index contributed by atoms with van der Waals surface area (Å²) in [5.41, 5.74) is 1.81. The summed E-state index contributed by atoms with van der Waals surface area (Å²) in [6.07, 6.45) is 3.48. The first-order valence-electron chi connectivity index (χ1n) is 9.40. The second-order valence-corrected chi connectivity index (χ2v) is 6.93. The molecule has 1 fully saturated rings. The second-order valence-electron chi connectivity index (χ2n) is 6.93. The number of ketones is 1. The van der Waals surface area contributed by atoms with E-state index >= 15 is 0 Å². The molecule has 0 bridgehead atoms. The number of nitrogens with zero attached hydrogens (tertiary/aromatic N) is 2. The van der Waals surface area contributed by atoms with Gasteiger partial charge in [0.2, 0.25) is 5.91 Å². The Morgan fingerprint density at radius 2 is 1.57 bits per heavy atom. The highest BCUT2D eigenvalue weighted by molar-refractivity contribution is 6.44. The van der Waals surface area contributed by atoms with Crippen LogP contribution >= 0.6 is 0 Å². The minimum atomic E-state index is -0.514. The minimum Gasteiger partial charge on any atom is -0.337 e. The number of carbonyl (C=O) groups excluding carboxylic acids is 3. The third kappa shape index (κ3) is 3.53. The smallest absolute Gasteiger partial charge is 0.295 e. The topological polar surface area (TPSA) is 71.4 Å². The van der Waals surface area contributed by atoms with E-state index in [9.17, 15) is 14.4 Å². The number of anilines is 1. The fourth-order valence-electron chi connectivity index (χ4n) is 3.61. The van der Waals surface area contributed by atoms with E-state index in [1.807, 2.05) is 54.6 Å². The van der Waals surface area contributed by atoms with E-state index in [4.69, 9.17) is 0 Å². The van der Waals surface area contributed by atoms with Crippen LogP contribution in [0.3, 0.4) is 0 Å². The molecule has 1 aliphatic rings. The maximum absolute atomic E-state index is 12.8. The van der Waals surface area contributed by atoms with E-state index in [-0.39, 0.29) is 12.5 Å². The highest BCUT2D eigenvalue weighted by Gasteiger charge is 2.28. The molecule has 4 rings (SSSR count). The van der Waals surface area contributed by atoms with Gasteiger partial charge in [0.1, 0.15) is 6.54 Å². The Labute approximate surface area is 162 Å². The first-order chi connectivity index (χ1) is 13.6. The van der Waals surface area contributed by atoms with Gasteiger partial charge in [-0.05, 0) is 31.0 Å². The van der Waals surface area contributed by atoms with Crippen LogP contribution in [0, 0.1) is 0 Å². The zero-order valence-electron chi connectivity index (χ0n) is 15.4. The molecule has 142 valence electrons. The van der Waals surface area contributed by atoms with Crippen molar-refractivity contribution < 1.29 is 14.4 Å².